The van der Waals surface area contributed by atoms with E-state index in [0.717, 1.165) is 31.4 Å². The number of rotatable bonds is 1. The van der Waals surface area contributed by atoms with E-state index < -0.39 is 17.1 Å². The van der Waals surface area contributed by atoms with Crippen LogP contribution in [0.3, 0.4) is 0 Å². The average Bonchev–Trinajstić information content (AvgIpc) is 2.07. The minimum atomic E-state index is -0.741. The van der Waals surface area contributed by atoms with E-state index in [-0.39, 0.29) is 5.75 Å². The summed E-state index contributed by atoms with van der Waals surface area (Å²) in [5.41, 5.74) is 5.71. The van der Waals surface area contributed by atoms with Gasteiger partial charge in [0.25, 0.3) is 0 Å². The fourth-order valence-corrected chi connectivity index (χ4v) is 1.78. The summed E-state index contributed by atoms with van der Waals surface area (Å²) in [5.74, 6) is -1.42. The van der Waals surface area contributed by atoms with Crippen LogP contribution in [0, 0.1) is 5.82 Å². The van der Waals surface area contributed by atoms with E-state index in [4.69, 9.17) is 10.8 Å². The Hall–Kier alpha value is -1.29. The topological polar surface area (TPSA) is 66.5 Å². The van der Waals surface area contributed by atoms with Gasteiger partial charge in [0, 0.05) is 17.2 Å². The predicted octanol–water partition coefficient (Wildman–Crippen LogP) is 1.57. The molecule has 76 valence electrons. The highest BCUT2D eigenvalue weighted by Crippen LogP contribution is 2.43. The Balaban J connectivity index is 2.48. The summed E-state index contributed by atoms with van der Waals surface area (Å²) >= 11 is 0. The lowest BCUT2D eigenvalue weighted by Crippen LogP contribution is -2.43. The van der Waals surface area contributed by atoms with Crippen molar-refractivity contribution in [2.75, 3.05) is 0 Å². The Labute approximate surface area is 81.0 Å². The predicted molar refractivity (Wildman–Crippen MR) is 49.4 cm³/mol. The smallest absolute Gasteiger partial charge is 0.165 e. The number of phenolic OH excluding ortho intramolecular Hbond substituents is 2. The van der Waals surface area contributed by atoms with E-state index in [2.05, 4.69) is 0 Å². The van der Waals surface area contributed by atoms with Crippen molar-refractivity contribution in [3.05, 3.63) is 23.5 Å². The molecule has 1 fully saturated rings. The normalized spacial score (nSPS) is 19.0. The molecular weight excluding hydrogens is 185 g/mol. The van der Waals surface area contributed by atoms with Gasteiger partial charge in [-0.3, -0.25) is 0 Å². The Bertz CT molecular complexity index is 375. The fourth-order valence-electron chi connectivity index (χ4n) is 1.78. The zero-order chi connectivity index (χ0) is 10.3. The fraction of sp³-hybridized carbons (Fsp3) is 0.400. The lowest BCUT2D eigenvalue weighted by molar-refractivity contribution is 0.244. The number of aromatic hydroxyl groups is 2. The summed E-state index contributed by atoms with van der Waals surface area (Å²) in [4.78, 5) is 0. The third-order valence-electron chi connectivity index (χ3n) is 2.85. The van der Waals surface area contributed by atoms with Gasteiger partial charge >= 0.3 is 0 Å². The molecule has 1 aliphatic carbocycles. The molecule has 1 aromatic rings. The first-order valence-electron chi connectivity index (χ1n) is 4.54. The van der Waals surface area contributed by atoms with Crippen molar-refractivity contribution in [3.63, 3.8) is 0 Å². The van der Waals surface area contributed by atoms with E-state index in [0.29, 0.717) is 5.56 Å². The molecule has 4 N–H and O–H groups in total. The molecule has 0 saturated heterocycles. The van der Waals surface area contributed by atoms with Gasteiger partial charge in [-0.1, -0.05) is 0 Å². The molecule has 0 bridgehead atoms. The van der Waals surface area contributed by atoms with Gasteiger partial charge in [-0.05, 0) is 25.3 Å². The van der Waals surface area contributed by atoms with Crippen LogP contribution in [0.5, 0.6) is 11.5 Å². The number of phenols is 2. The minimum Gasteiger partial charge on any atom is -0.507 e. The monoisotopic (exact) mass is 197 g/mol. The highest BCUT2D eigenvalue weighted by molar-refractivity contribution is 5.44. The van der Waals surface area contributed by atoms with E-state index in [1.165, 1.54) is 0 Å². The number of hydrogen-bond acceptors (Lipinski definition) is 3. The maximum atomic E-state index is 13.0. The largest absolute Gasteiger partial charge is 0.507 e. The van der Waals surface area contributed by atoms with Crippen LogP contribution in [0.4, 0.5) is 4.39 Å². The molecule has 0 amide bonds. The highest BCUT2D eigenvalue weighted by atomic mass is 19.1. The van der Waals surface area contributed by atoms with Gasteiger partial charge in [-0.2, -0.15) is 0 Å². The molecule has 2 rings (SSSR count). The van der Waals surface area contributed by atoms with Crippen molar-refractivity contribution in [1.29, 1.82) is 0 Å². The average molecular weight is 197 g/mol. The molecule has 1 aliphatic rings. The van der Waals surface area contributed by atoms with E-state index in [1.54, 1.807) is 0 Å². The standard InChI is InChI=1S/C10H12FNO2/c11-7-4-6(8(13)5-9(7)14)10(12)2-1-3-10/h4-5,13-14H,1-3,12H2. The van der Waals surface area contributed by atoms with Crippen molar-refractivity contribution in [2.45, 2.75) is 24.8 Å². The van der Waals surface area contributed by atoms with E-state index in [9.17, 15) is 9.50 Å². The van der Waals surface area contributed by atoms with Gasteiger partial charge in [0.1, 0.15) is 5.75 Å². The van der Waals surface area contributed by atoms with Gasteiger partial charge in [0.2, 0.25) is 0 Å². The van der Waals surface area contributed by atoms with Gasteiger partial charge in [0.05, 0.1) is 0 Å². The second-order valence-electron chi connectivity index (χ2n) is 3.83. The highest BCUT2D eigenvalue weighted by Gasteiger charge is 2.37. The molecular formula is C10H12FNO2. The van der Waals surface area contributed by atoms with Crippen LogP contribution in [-0.4, -0.2) is 10.2 Å². The molecule has 0 unspecified atom stereocenters. The summed E-state index contributed by atoms with van der Waals surface area (Å²) in [7, 11) is 0. The number of nitrogens with two attached hydrogens (primary N) is 1. The van der Waals surface area contributed by atoms with Crippen molar-refractivity contribution in [1.82, 2.24) is 0 Å². The van der Waals surface area contributed by atoms with Crippen molar-refractivity contribution in [3.8, 4) is 11.5 Å². The lowest BCUT2D eigenvalue weighted by atomic mass is 9.72. The molecule has 0 radical (unpaired) electrons. The van der Waals surface area contributed by atoms with Crippen molar-refractivity contribution >= 4 is 0 Å². The molecule has 4 heteroatoms. The third kappa shape index (κ3) is 1.23. The molecule has 1 saturated carbocycles. The number of benzene rings is 1. The van der Waals surface area contributed by atoms with E-state index >= 15 is 0 Å². The lowest BCUT2D eigenvalue weighted by Gasteiger charge is -2.38. The zero-order valence-electron chi connectivity index (χ0n) is 7.63. The maximum Gasteiger partial charge on any atom is 0.165 e. The molecule has 0 aromatic heterocycles. The van der Waals surface area contributed by atoms with Crippen LogP contribution in [0.25, 0.3) is 0 Å². The van der Waals surface area contributed by atoms with E-state index in [1.807, 2.05) is 0 Å². The first-order valence-corrected chi connectivity index (χ1v) is 4.54. The van der Waals surface area contributed by atoms with Gasteiger partial charge in [-0.15, -0.1) is 0 Å². The molecule has 0 spiro atoms. The maximum absolute atomic E-state index is 13.0. The zero-order valence-corrected chi connectivity index (χ0v) is 7.63. The number of halogens is 1. The summed E-state index contributed by atoms with van der Waals surface area (Å²) in [6.45, 7) is 0. The SMILES string of the molecule is NC1(c2cc(F)c(O)cc2O)CCC1. The molecule has 3 nitrogen and oxygen atoms in total. The van der Waals surface area contributed by atoms with Crippen molar-refractivity contribution < 1.29 is 14.6 Å². The summed E-state index contributed by atoms with van der Waals surface area (Å²) < 4.78 is 13.0. The second kappa shape index (κ2) is 2.85. The van der Waals surface area contributed by atoms with Gasteiger partial charge in [-0.25, -0.2) is 4.39 Å². The van der Waals surface area contributed by atoms with Crippen molar-refractivity contribution in [2.24, 2.45) is 5.73 Å². The molecule has 0 atom stereocenters. The molecule has 1 aromatic carbocycles. The summed E-state index contributed by atoms with van der Waals surface area (Å²) in [6, 6.07) is 2.11. The van der Waals surface area contributed by atoms with Crippen LogP contribution in [0.15, 0.2) is 12.1 Å². The van der Waals surface area contributed by atoms with Crippen LogP contribution < -0.4 is 5.73 Å². The summed E-state index contributed by atoms with van der Waals surface area (Å²) in [6.07, 6.45) is 2.47. The second-order valence-corrected chi connectivity index (χ2v) is 3.83. The van der Waals surface area contributed by atoms with Crippen LogP contribution >= 0.6 is 0 Å². The Kier molecular flexibility index (Phi) is 1.89. The van der Waals surface area contributed by atoms with Gasteiger partial charge in [0.15, 0.2) is 11.6 Å². The Morgan fingerprint density at radius 1 is 1.21 bits per heavy atom. The Morgan fingerprint density at radius 3 is 2.36 bits per heavy atom. The van der Waals surface area contributed by atoms with Crippen LogP contribution in [-0.2, 0) is 5.54 Å². The van der Waals surface area contributed by atoms with Gasteiger partial charge < -0.3 is 15.9 Å². The first-order chi connectivity index (χ1) is 6.53. The molecule has 0 aliphatic heterocycles. The first kappa shape index (κ1) is 9.27. The number of hydrogen-bond donors (Lipinski definition) is 3. The molecule has 0 heterocycles. The Morgan fingerprint density at radius 2 is 1.86 bits per heavy atom. The van der Waals surface area contributed by atoms with Crippen LogP contribution in [0.2, 0.25) is 0 Å². The summed E-state index contributed by atoms with van der Waals surface area (Å²) in [5, 5.41) is 18.5. The molecule has 14 heavy (non-hydrogen) atoms. The van der Waals surface area contributed by atoms with Crippen LogP contribution in [0.1, 0.15) is 24.8 Å². The third-order valence-corrected chi connectivity index (χ3v) is 2.85. The minimum absolute atomic E-state index is 0.133. The quantitative estimate of drug-likeness (QED) is 0.640.